The van der Waals surface area contributed by atoms with E-state index >= 15 is 0 Å². The summed E-state index contributed by atoms with van der Waals surface area (Å²) in [7, 11) is 2.28. The van der Waals surface area contributed by atoms with Gasteiger partial charge in [-0.1, -0.05) is 12.1 Å². The van der Waals surface area contributed by atoms with E-state index in [1.807, 2.05) is 0 Å². The van der Waals surface area contributed by atoms with Crippen molar-refractivity contribution in [3.05, 3.63) is 29.8 Å². The van der Waals surface area contributed by atoms with E-state index in [0.717, 1.165) is 11.0 Å². The molecule has 0 bridgehead atoms. The van der Waals surface area contributed by atoms with E-state index in [9.17, 15) is 4.79 Å². The van der Waals surface area contributed by atoms with Crippen molar-refractivity contribution in [3.8, 4) is 0 Å². The zero-order valence-electron chi connectivity index (χ0n) is 6.06. The molecule has 0 heterocycles. The van der Waals surface area contributed by atoms with Gasteiger partial charge in [0.05, 0.1) is 5.56 Å². The lowest BCUT2D eigenvalue weighted by atomic mass is 10.2. The van der Waals surface area contributed by atoms with Crippen LogP contribution in [-0.2, 0) is 0 Å². The number of hydrogen-bond donors (Lipinski definition) is 2. The van der Waals surface area contributed by atoms with Gasteiger partial charge in [-0.3, -0.25) is 5.14 Å². The van der Waals surface area contributed by atoms with Crippen LogP contribution in [0.5, 0.6) is 0 Å². The minimum absolute atomic E-state index is 0.292. The lowest BCUT2D eigenvalue weighted by Gasteiger charge is -2.00. The van der Waals surface area contributed by atoms with E-state index in [1.165, 1.54) is 10.8 Å². The second-order valence-electron chi connectivity index (χ2n) is 1.98. The van der Waals surface area contributed by atoms with E-state index in [1.54, 1.807) is 24.3 Å². The van der Waals surface area contributed by atoms with Crippen LogP contribution >= 0.6 is 21.8 Å². The van der Waals surface area contributed by atoms with Gasteiger partial charge >= 0.3 is 5.97 Å². The summed E-state index contributed by atoms with van der Waals surface area (Å²) in [4.78, 5) is 11.3. The highest BCUT2D eigenvalue weighted by Gasteiger charge is 2.08. The van der Waals surface area contributed by atoms with Crippen molar-refractivity contribution in [2.24, 2.45) is 5.14 Å². The zero-order valence-corrected chi connectivity index (χ0v) is 7.69. The second-order valence-corrected chi connectivity index (χ2v) is 3.86. The highest BCUT2D eigenvalue weighted by molar-refractivity contribution is 8.75. The molecule has 0 radical (unpaired) electrons. The molecule has 5 heteroatoms. The molecule has 1 rings (SSSR count). The normalized spacial score (nSPS) is 9.75. The van der Waals surface area contributed by atoms with E-state index in [0.29, 0.717) is 10.5 Å². The Labute approximate surface area is 77.9 Å². The van der Waals surface area contributed by atoms with Gasteiger partial charge in [0.15, 0.2) is 0 Å². The Bertz CT molecular complexity index is 290. The standard InChI is InChI=1S/C7H7NO2S2/c8-12-11-6-4-2-1-3-5(6)7(9)10/h1-4H,8H2,(H,9,10). The topological polar surface area (TPSA) is 63.3 Å². The molecule has 0 aromatic heterocycles. The molecule has 12 heavy (non-hydrogen) atoms. The predicted octanol–water partition coefficient (Wildman–Crippen LogP) is 2.00. The van der Waals surface area contributed by atoms with Crippen molar-refractivity contribution in [1.29, 1.82) is 0 Å². The highest BCUT2D eigenvalue weighted by atomic mass is 33.1. The Balaban J connectivity index is 3.00. The quantitative estimate of drug-likeness (QED) is 0.578. The van der Waals surface area contributed by atoms with Crippen LogP contribution in [0.1, 0.15) is 10.4 Å². The van der Waals surface area contributed by atoms with Crippen LogP contribution in [0.3, 0.4) is 0 Å². The highest BCUT2D eigenvalue weighted by Crippen LogP contribution is 2.29. The van der Waals surface area contributed by atoms with Gasteiger partial charge in [-0.25, -0.2) is 4.79 Å². The third-order valence-corrected chi connectivity index (χ3v) is 2.71. The number of rotatable bonds is 3. The molecule has 0 amide bonds. The number of carboxylic acid groups (broad SMARTS) is 1. The van der Waals surface area contributed by atoms with Crippen molar-refractivity contribution in [2.45, 2.75) is 4.90 Å². The third kappa shape index (κ3) is 2.17. The fourth-order valence-corrected chi connectivity index (χ4v) is 2.00. The maximum atomic E-state index is 10.6. The van der Waals surface area contributed by atoms with Crippen LogP contribution in [0.4, 0.5) is 0 Å². The predicted molar refractivity (Wildman–Crippen MR) is 51.0 cm³/mol. The number of aromatic carboxylic acids is 1. The van der Waals surface area contributed by atoms with Crippen LogP contribution < -0.4 is 5.14 Å². The molecule has 0 saturated heterocycles. The van der Waals surface area contributed by atoms with E-state index in [2.05, 4.69) is 0 Å². The molecule has 0 aliphatic heterocycles. The van der Waals surface area contributed by atoms with Crippen molar-refractivity contribution >= 4 is 27.7 Å². The number of nitrogens with two attached hydrogens (primary N) is 1. The van der Waals surface area contributed by atoms with Gasteiger partial charge in [-0.2, -0.15) is 0 Å². The molecule has 0 fully saturated rings. The summed E-state index contributed by atoms with van der Waals surface area (Å²) in [6, 6.07) is 6.76. The SMILES string of the molecule is NSSc1ccccc1C(=O)O. The van der Waals surface area contributed by atoms with Gasteiger partial charge in [-0.15, -0.1) is 0 Å². The molecule has 0 atom stereocenters. The first-order valence-electron chi connectivity index (χ1n) is 3.11. The molecule has 1 aromatic rings. The van der Waals surface area contributed by atoms with Gasteiger partial charge in [0.1, 0.15) is 0 Å². The van der Waals surface area contributed by atoms with Crippen LogP contribution in [0.25, 0.3) is 0 Å². The first-order chi connectivity index (χ1) is 5.75. The summed E-state index contributed by atoms with van der Waals surface area (Å²) < 4.78 is 0. The number of hydrogen-bond acceptors (Lipinski definition) is 4. The van der Waals surface area contributed by atoms with Crippen LogP contribution in [0.15, 0.2) is 29.2 Å². The minimum atomic E-state index is -0.924. The maximum absolute atomic E-state index is 10.6. The molecule has 0 aliphatic carbocycles. The smallest absolute Gasteiger partial charge is 0.336 e. The van der Waals surface area contributed by atoms with E-state index in [4.69, 9.17) is 10.2 Å². The van der Waals surface area contributed by atoms with Crippen LogP contribution in [-0.4, -0.2) is 11.1 Å². The van der Waals surface area contributed by atoms with E-state index < -0.39 is 5.97 Å². The molecule has 1 aromatic carbocycles. The minimum Gasteiger partial charge on any atom is -0.478 e. The second kappa shape index (κ2) is 4.39. The monoisotopic (exact) mass is 201 g/mol. The molecule has 0 spiro atoms. The summed E-state index contributed by atoms with van der Waals surface area (Å²) >= 11 is 0. The molecule has 64 valence electrons. The molecule has 3 N–H and O–H groups in total. The summed E-state index contributed by atoms with van der Waals surface area (Å²) in [5.74, 6) is -0.924. The Morgan fingerprint density at radius 1 is 1.42 bits per heavy atom. The first kappa shape index (κ1) is 9.44. The van der Waals surface area contributed by atoms with Crippen molar-refractivity contribution < 1.29 is 9.90 Å². The Morgan fingerprint density at radius 3 is 2.67 bits per heavy atom. The summed E-state index contributed by atoms with van der Waals surface area (Å²) in [6.45, 7) is 0. The van der Waals surface area contributed by atoms with Crippen LogP contribution in [0, 0.1) is 0 Å². The van der Waals surface area contributed by atoms with Crippen molar-refractivity contribution in [3.63, 3.8) is 0 Å². The fourth-order valence-electron chi connectivity index (χ4n) is 0.768. The van der Waals surface area contributed by atoms with Gasteiger partial charge in [0.25, 0.3) is 0 Å². The Morgan fingerprint density at radius 2 is 2.08 bits per heavy atom. The number of carboxylic acids is 1. The lowest BCUT2D eigenvalue weighted by Crippen LogP contribution is -1.97. The summed E-state index contributed by atoms with van der Waals surface area (Å²) in [5.41, 5.74) is 0.292. The number of benzene rings is 1. The average Bonchev–Trinajstić information content (AvgIpc) is 2.05. The zero-order chi connectivity index (χ0) is 8.97. The molecule has 3 nitrogen and oxygen atoms in total. The maximum Gasteiger partial charge on any atom is 0.336 e. The lowest BCUT2D eigenvalue weighted by molar-refractivity contribution is 0.0693. The average molecular weight is 201 g/mol. The molecular formula is C7H7NO2S2. The first-order valence-corrected chi connectivity index (χ1v) is 5.32. The Hall–Kier alpha value is -0.650. The van der Waals surface area contributed by atoms with Crippen LogP contribution in [0.2, 0.25) is 0 Å². The fraction of sp³-hybridized carbons (Fsp3) is 0. The van der Waals surface area contributed by atoms with Gasteiger partial charge in [-0.05, 0) is 33.9 Å². The summed E-state index contributed by atoms with van der Waals surface area (Å²) in [6.07, 6.45) is 0. The molecule has 0 saturated carbocycles. The van der Waals surface area contributed by atoms with Crippen molar-refractivity contribution in [2.75, 3.05) is 0 Å². The van der Waals surface area contributed by atoms with Gasteiger partial charge in [0.2, 0.25) is 0 Å². The van der Waals surface area contributed by atoms with Crippen molar-refractivity contribution in [1.82, 2.24) is 0 Å². The third-order valence-electron chi connectivity index (χ3n) is 1.26. The molecule has 0 aliphatic rings. The van der Waals surface area contributed by atoms with Gasteiger partial charge < -0.3 is 5.11 Å². The Kier molecular flexibility index (Phi) is 3.46. The molecule has 0 unspecified atom stereocenters. The van der Waals surface area contributed by atoms with Gasteiger partial charge in [0, 0.05) is 4.90 Å². The molecular weight excluding hydrogens is 194 g/mol. The number of carbonyl (C=O) groups is 1. The van der Waals surface area contributed by atoms with E-state index in [-0.39, 0.29) is 0 Å². The summed E-state index contributed by atoms with van der Waals surface area (Å²) in [5, 5.41) is 13.9. The largest absolute Gasteiger partial charge is 0.478 e.